The molecule has 35 heavy (non-hydrogen) atoms. The third kappa shape index (κ3) is 3.84. The van der Waals surface area contributed by atoms with Gasteiger partial charge in [-0.1, -0.05) is 48.5 Å². The van der Waals surface area contributed by atoms with E-state index in [4.69, 9.17) is 9.72 Å². The van der Waals surface area contributed by atoms with Gasteiger partial charge in [-0.15, -0.1) is 22.7 Å². The van der Waals surface area contributed by atoms with E-state index >= 15 is 0 Å². The highest BCUT2D eigenvalue weighted by Crippen LogP contribution is 2.46. The summed E-state index contributed by atoms with van der Waals surface area (Å²) in [5.41, 5.74) is 3.67. The molecule has 3 aromatic carbocycles. The normalized spacial score (nSPS) is 13.1. The van der Waals surface area contributed by atoms with Crippen molar-refractivity contribution in [3.8, 4) is 10.6 Å². The molecule has 5 aromatic rings. The van der Waals surface area contributed by atoms with Crippen LogP contribution in [0.25, 0.3) is 31.6 Å². The van der Waals surface area contributed by atoms with Gasteiger partial charge in [-0.2, -0.15) is 0 Å². The molecule has 6 rings (SSSR count). The molecular weight excluding hydrogens is 478 g/mol. The van der Waals surface area contributed by atoms with Gasteiger partial charge in [-0.05, 0) is 41.0 Å². The number of aromatic nitrogens is 1. The van der Waals surface area contributed by atoms with E-state index in [1.54, 1.807) is 16.2 Å². The van der Waals surface area contributed by atoms with Gasteiger partial charge in [0.25, 0.3) is 5.91 Å². The third-order valence-corrected chi connectivity index (χ3v) is 8.44. The zero-order valence-electron chi connectivity index (χ0n) is 18.9. The predicted molar refractivity (Wildman–Crippen MR) is 141 cm³/mol. The molecule has 0 atom stereocenters. The lowest BCUT2D eigenvalue weighted by molar-refractivity contribution is 0.102. The fourth-order valence-electron chi connectivity index (χ4n) is 4.58. The van der Waals surface area contributed by atoms with Gasteiger partial charge in [0.1, 0.15) is 10.0 Å². The van der Waals surface area contributed by atoms with Crippen LogP contribution in [0.4, 0.5) is 9.80 Å². The van der Waals surface area contributed by atoms with Gasteiger partial charge in [-0.3, -0.25) is 4.79 Å². The monoisotopic (exact) mass is 499 g/mol. The highest BCUT2D eigenvalue weighted by atomic mass is 32.1. The van der Waals surface area contributed by atoms with Crippen LogP contribution in [0.2, 0.25) is 0 Å². The van der Waals surface area contributed by atoms with Crippen molar-refractivity contribution in [3.63, 3.8) is 0 Å². The van der Waals surface area contributed by atoms with Gasteiger partial charge >= 0.3 is 6.09 Å². The Kier molecular flexibility index (Phi) is 5.47. The van der Waals surface area contributed by atoms with Crippen molar-refractivity contribution in [3.05, 3.63) is 82.7 Å². The number of para-hydroxylation sites is 1. The van der Waals surface area contributed by atoms with Gasteiger partial charge < -0.3 is 15.0 Å². The summed E-state index contributed by atoms with van der Waals surface area (Å²) in [6.07, 6.45) is 0.336. The lowest BCUT2D eigenvalue weighted by atomic mass is 10.0. The third-order valence-electron chi connectivity index (χ3n) is 6.26. The molecule has 0 unspecified atom stereocenters. The second kappa shape index (κ2) is 8.79. The molecule has 2 amide bonds. The topological polar surface area (TPSA) is 71.5 Å². The number of fused-ring (bicyclic) bond motifs is 3. The van der Waals surface area contributed by atoms with Crippen molar-refractivity contribution < 1.29 is 14.3 Å². The molecule has 1 aliphatic rings. The summed E-state index contributed by atoms with van der Waals surface area (Å²) < 4.78 is 6.04. The fraction of sp³-hybridized carbons (Fsp3) is 0.148. The second-order valence-electron chi connectivity index (χ2n) is 8.32. The standard InChI is InChI=1S/C27H21N3O3S2/c1-33-27(32)30-14-13-19-22(15-30)35-26(23(19)25-28-20-11-4-5-12-21(20)34-25)29-24(31)18-10-6-8-16-7-2-3-9-17(16)18/h2-12H,13-15H2,1H3,(H,29,31). The Labute approximate surface area is 209 Å². The summed E-state index contributed by atoms with van der Waals surface area (Å²) in [5.74, 6) is -0.160. The number of thiophene rings is 1. The summed E-state index contributed by atoms with van der Waals surface area (Å²) in [6.45, 7) is 1.01. The molecule has 8 heteroatoms. The molecule has 0 saturated carbocycles. The van der Waals surface area contributed by atoms with Crippen LogP contribution in [0.1, 0.15) is 20.8 Å². The van der Waals surface area contributed by atoms with Gasteiger partial charge in [0.05, 0.1) is 23.9 Å². The number of nitrogens with one attached hydrogen (secondary N) is 1. The molecule has 174 valence electrons. The molecule has 1 N–H and O–H groups in total. The van der Waals surface area contributed by atoms with Crippen LogP contribution in [0.15, 0.2) is 66.7 Å². The second-order valence-corrected chi connectivity index (χ2v) is 10.5. The Morgan fingerprint density at radius 1 is 1.00 bits per heavy atom. The van der Waals surface area contributed by atoms with E-state index in [-0.39, 0.29) is 12.0 Å². The van der Waals surface area contributed by atoms with E-state index in [1.165, 1.54) is 18.4 Å². The molecule has 1 aliphatic heterocycles. The van der Waals surface area contributed by atoms with E-state index < -0.39 is 0 Å². The molecule has 0 fully saturated rings. The quantitative estimate of drug-likeness (QED) is 0.305. The number of rotatable bonds is 3. The Balaban J connectivity index is 1.44. The summed E-state index contributed by atoms with van der Waals surface area (Å²) >= 11 is 3.13. The predicted octanol–water partition coefficient (Wildman–Crippen LogP) is 6.55. The largest absolute Gasteiger partial charge is 0.453 e. The fourth-order valence-corrected chi connectivity index (χ4v) is 6.94. The zero-order chi connectivity index (χ0) is 23.9. The number of hydrogen-bond acceptors (Lipinski definition) is 6. The molecule has 0 bridgehead atoms. The maximum Gasteiger partial charge on any atom is 0.409 e. The van der Waals surface area contributed by atoms with Crippen molar-refractivity contribution in [1.29, 1.82) is 0 Å². The van der Waals surface area contributed by atoms with E-state index in [0.29, 0.717) is 25.1 Å². The minimum absolute atomic E-state index is 0.160. The molecule has 0 aliphatic carbocycles. The number of methoxy groups -OCH3 is 1. The maximum absolute atomic E-state index is 13.5. The number of hydrogen-bond donors (Lipinski definition) is 1. The number of ether oxygens (including phenoxy) is 1. The SMILES string of the molecule is COC(=O)N1CCc2c(sc(NC(=O)c3cccc4ccccc34)c2-c2nc3ccccc3s2)C1. The Bertz CT molecular complexity index is 1570. The Morgan fingerprint density at radius 2 is 1.80 bits per heavy atom. The van der Waals surface area contributed by atoms with Crippen LogP contribution in [-0.4, -0.2) is 35.5 Å². The Hall–Kier alpha value is -3.75. The van der Waals surface area contributed by atoms with Crippen LogP contribution in [0.5, 0.6) is 0 Å². The van der Waals surface area contributed by atoms with Gasteiger partial charge in [-0.25, -0.2) is 9.78 Å². The molecule has 3 heterocycles. The van der Waals surface area contributed by atoms with Gasteiger partial charge in [0, 0.05) is 22.5 Å². The van der Waals surface area contributed by atoms with Crippen LogP contribution in [0, 0.1) is 0 Å². The van der Waals surface area contributed by atoms with Crippen LogP contribution >= 0.6 is 22.7 Å². The van der Waals surface area contributed by atoms with E-state index in [9.17, 15) is 9.59 Å². The van der Waals surface area contributed by atoms with E-state index in [1.807, 2.05) is 60.7 Å². The van der Waals surface area contributed by atoms with Crippen molar-refractivity contribution in [2.24, 2.45) is 0 Å². The first-order valence-corrected chi connectivity index (χ1v) is 12.9. The summed E-state index contributed by atoms with van der Waals surface area (Å²) in [7, 11) is 1.40. The molecule has 0 radical (unpaired) electrons. The molecule has 0 spiro atoms. The smallest absolute Gasteiger partial charge is 0.409 e. The van der Waals surface area contributed by atoms with Gasteiger partial charge in [0.15, 0.2) is 0 Å². The van der Waals surface area contributed by atoms with Crippen molar-refractivity contribution in [2.75, 3.05) is 19.0 Å². The van der Waals surface area contributed by atoms with Crippen LogP contribution in [0.3, 0.4) is 0 Å². The highest BCUT2D eigenvalue weighted by Gasteiger charge is 2.30. The minimum atomic E-state index is -0.341. The van der Waals surface area contributed by atoms with Crippen LogP contribution in [-0.2, 0) is 17.7 Å². The minimum Gasteiger partial charge on any atom is -0.453 e. The number of thiazole rings is 1. The van der Waals surface area contributed by atoms with Crippen molar-refractivity contribution in [1.82, 2.24) is 9.88 Å². The molecular formula is C27H21N3O3S2. The number of anilines is 1. The van der Waals surface area contributed by atoms with E-state index in [2.05, 4.69) is 11.4 Å². The summed E-state index contributed by atoms with van der Waals surface area (Å²) in [6, 6.07) is 21.7. The maximum atomic E-state index is 13.5. The molecule has 2 aromatic heterocycles. The average molecular weight is 500 g/mol. The number of carbonyl (C=O) groups excluding carboxylic acids is 2. The van der Waals surface area contributed by atoms with Crippen molar-refractivity contribution >= 4 is 60.7 Å². The zero-order valence-corrected chi connectivity index (χ0v) is 20.5. The van der Waals surface area contributed by atoms with Gasteiger partial charge in [0.2, 0.25) is 0 Å². The first-order valence-electron chi connectivity index (χ1n) is 11.2. The number of carbonyl (C=O) groups is 2. The first kappa shape index (κ1) is 21.8. The highest BCUT2D eigenvalue weighted by molar-refractivity contribution is 7.23. The van der Waals surface area contributed by atoms with E-state index in [0.717, 1.165) is 47.0 Å². The Morgan fingerprint density at radius 3 is 2.66 bits per heavy atom. The lowest BCUT2D eigenvalue weighted by Gasteiger charge is -2.25. The molecule has 0 saturated heterocycles. The number of amides is 2. The van der Waals surface area contributed by atoms with Crippen molar-refractivity contribution in [2.45, 2.75) is 13.0 Å². The average Bonchev–Trinajstić information content (AvgIpc) is 3.47. The summed E-state index contributed by atoms with van der Waals surface area (Å²) in [4.78, 5) is 33.3. The van der Waals surface area contributed by atoms with Crippen LogP contribution < -0.4 is 5.32 Å². The molecule has 6 nitrogen and oxygen atoms in total. The first-order chi connectivity index (χ1) is 17.1. The lowest BCUT2D eigenvalue weighted by Crippen LogP contribution is -2.35. The number of benzene rings is 3. The summed E-state index contributed by atoms with van der Waals surface area (Å²) in [5, 5.41) is 6.76. The number of nitrogens with zero attached hydrogens (tertiary/aromatic N) is 2.